The van der Waals surface area contributed by atoms with Crippen LogP contribution in [0.1, 0.15) is 0 Å². The highest BCUT2D eigenvalue weighted by Gasteiger charge is 2.14. The molecule has 0 aliphatic heterocycles. The number of nitrogens with one attached hydrogen (secondary N) is 1. The third-order valence-electron chi connectivity index (χ3n) is 1.41. The van der Waals surface area contributed by atoms with Gasteiger partial charge in [-0.3, -0.25) is 4.72 Å². The number of hydrogen-bond donors (Lipinski definition) is 1. The second-order valence-corrected chi connectivity index (χ2v) is 6.61. The maximum Gasteiger partial charge on any atom is 0.246 e. The molecule has 1 aromatic rings. The lowest BCUT2D eigenvalue weighted by Gasteiger charge is -2.09. The average molecular weight is 353 g/mol. The summed E-state index contributed by atoms with van der Waals surface area (Å²) in [5, 5.41) is -0.165. The lowest BCUT2D eigenvalue weighted by molar-refractivity contribution is 0.605. The van der Waals surface area contributed by atoms with Gasteiger partial charge < -0.3 is 0 Å². The quantitative estimate of drug-likeness (QED) is 0.843. The molecule has 0 radical (unpaired) electrons. The van der Waals surface area contributed by atoms with E-state index < -0.39 is 15.2 Å². The Balaban J connectivity index is 3.17. The maximum atomic E-state index is 11.2. The molecule has 1 rings (SSSR count). The molecule has 0 bridgehead atoms. The van der Waals surface area contributed by atoms with Gasteiger partial charge in [0.05, 0.1) is 15.7 Å². The number of halogens is 4. The van der Waals surface area contributed by atoms with Crippen LogP contribution in [-0.2, 0) is 10.0 Å². The smallest absolute Gasteiger partial charge is 0.246 e. The Morgan fingerprint density at radius 2 is 1.73 bits per heavy atom. The van der Waals surface area contributed by atoms with E-state index in [9.17, 15) is 8.42 Å². The first kappa shape index (κ1) is 13.4. The highest BCUT2D eigenvalue weighted by atomic mass is 79.9. The number of anilines is 1. The van der Waals surface area contributed by atoms with Crippen LogP contribution in [0.5, 0.6) is 0 Å². The Hall–Kier alpha value is 0.320. The molecule has 15 heavy (non-hydrogen) atoms. The Morgan fingerprint density at radius 3 is 2.13 bits per heavy atom. The minimum Gasteiger partial charge on any atom is -0.280 e. The molecule has 0 aromatic heterocycles. The summed E-state index contributed by atoms with van der Waals surface area (Å²) >= 11 is 20.0. The Bertz CT molecular complexity index is 454. The first-order valence-electron chi connectivity index (χ1n) is 3.57. The van der Waals surface area contributed by atoms with E-state index in [2.05, 4.69) is 20.7 Å². The van der Waals surface area contributed by atoms with Gasteiger partial charge in [-0.05, 0) is 12.1 Å². The van der Waals surface area contributed by atoms with Crippen LogP contribution in [0.15, 0.2) is 16.6 Å². The molecule has 0 atom stereocenters. The van der Waals surface area contributed by atoms with E-state index in [4.69, 9.17) is 34.8 Å². The first-order chi connectivity index (χ1) is 6.85. The summed E-state index contributed by atoms with van der Waals surface area (Å²) in [5.74, 6) is 0. The number of hydrogen-bond acceptors (Lipinski definition) is 2. The summed E-state index contributed by atoms with van der Waals surface area (Å²) in [6, 6.07) is 3.05. The van der Waals surface area contributed by atoms with E-state index in [1.165, 1.54) is 12.1 Å². The lowest BCUT2D eigenvalue weighted by atomic mass is 10.3. The average Bonchev–Trinajstić information content (AvgIpc) is 2.11. The van der Waals surface area contributed by atoms with Crippen LogP contribution in [0.2, 0.25) is 10.0 Å². The van der Waals surface area contributed by atoms with Crippen LogP contribution < -0.4 is 4.72 Å². The monoisotopic (exact) mass is 351 g/mol. The molecule has 0 aliphatic rings. The predicted molar refractivity (Wildman–Crippen MR) is 67.4 cm³/mol. The lowest BCUT2D eigenvalue weighted by Crippen LogP contribution is -2.14. The zero-order valence-corrected chi connectivity index (χ0v) is 11.8. The molecule has 1 aromatic carbocycles. The van der Waals surface area contributed by atoms with E-state index in [0.29, 0.717) is 4.47 Å². The molecule has 84 valence electrons. The largest absolute Gasteiger partial charge is 0.280 e. The van der Waals surface area contributed by atoms with Gasteiger partial charge in [-0.2, -0.15) is 0 Å². The third-order valence-corrected chi connectivity index (χ3v) is 4.13. The second kappa shape index (κ2) is 5.10. The van der Waals surface area contributed by atoms with E-state index in [-0.39, 0.29) is 15.7 Å². The van der Waals surface area contributed by atoms with Crippen molar-refractivity contribution in [3.05, 3.63) is 26.7 Å². The number of alkyl halides is 1. The second-order valence-electron chi connectivity index (χ2n) is 2.57. The highest BCUT2D eigenvalue weighted by molar-refractivity contribution is 9.10. The van der Waals surface area contributed by atoms with Gasteiger partial charge in [0.25, 0.3) is 0 Å². The molecular formula is C7H5BrCl3NO2S. The number of rotatable bonds is 3. The number of benzene rings is 1. The van der Waals surface area contributed by atoms with Crippen LogP contribution in [0.25, 0.3) is 0 Å². The Labute approximate surface area is 111 Å². The van der Waals surface area contributed by atoms with E-state index in [0.717, 1.165) is 0 Å². The van der Waals surface area contributed by atoms with Crippen molar-refractivity contribution in [1.82, 2.24) is 0 Å². The van der Waals surface area contributed by atoms with E-state index in [1.807, 2.05) is 0 Å². The molecule has 0 amide bonds. The molecule has 0 fully saturated rings. The van der Waals surface area contributed by atoms with Gasteiger partial charge in [0.2, 0.25) is 10.0 Å². The topological polar surface area (TPSA) is 46.2 Å². The van der Waals surface area contributed by atoms with Crippen molar-refractivity contribution in [3.8, 4) is 0 Å². The van der Waals surface area contributed by atoms with Gasteiger partial charge in [0.15, 0.2) is 0 Å². The van der Waals surface area contributed by atoms with Crippen LogP contribution in [-0.4, -0.2) is 13.6 Å². The standard InChI is InChI=1S/C7H5BrCl3NO2S/c8-4-1-5(10)7(6(11)2-4)12-15(13,14)3-9/h1-2,12H,3H2. The fraction of sp³-hybridized carbons (Fsp3) is 0.143. The molecule has 0 saturated carbocycles. The van der Waals surface area contributed by atoms with E-state index in [1.54, 1.807) is 0 Å². The van der Waals surface area contributed by atoms with Crippen LogP contribution >= 0.6 is 50.7 Å². The van der Waals surface area contributed by atoms with Gasteiger partial charge in [0, 0.05) is 4.47 Å². The summed E-state index contributed by atoms with van der Waals surface area (Å²) < 4.78 is 25.2. The molecular weight excluding hydrogens is 348 g/mol. The number of sulfonamides is 1. The summed E-state index contributed by atoms with van der Waals surface area (Å²) in [6.07, 6.45) is 0. The molecule has 1 N–H and O–H groups in total. The molecule has 0 heterocycles. The van der Waals surface area contributed by atoms with Crippen LogP contribution in [0, 0.1) is 0 Å². The van der Waals surface area contributed by atoms with Crippen LogP contribution in [0.3, 0.4) is 0 Å². The van der Waals surface area contributed by atoms with E-state index >= 15 is 0 Å². The van der Waals surface area contributed by atoms with Crippen molar-refractivity contribution < 1.29 is 8.42 Å². The summed E-state index contributed by atoms with van der Waals surface area (Å²) in [7, 11) is -3.60. The molecule has 8 heteroatoms. The normalized spacial score (nSPS) is 11.5. The van der Waals surface area contributed by atoms with Crippen molar-refractivity contribution in [3.63, 3.8) is 0 Å². The van der Waals surface area contributed by atoms with Gasteiger partial charge in [-0.1, -0.05) is 39.1 Å². The zero-order chi connectivity index (χ0) is 11.6. The fourth-order valence-electron chi connectivity index (χ4n) is 0.822. The minimum absolute atomic E-state index is 0.127. The highest BCUT2D eigenvalue weighted by Crippen LogP contribution is 2.34. The Kier molecular flexibility index (Phi) is 4.55. The van der Waals surface area contributed by atoms with Crippen molar-refractivity contribution in [2.24, 2.45) is 0 Å². The fourth-order valence-corrected chi connectivity index (χ4v) is 2.99. The van der Waals surface area contributed by atoms with Gasteiger partial charge in [-0.15, -0.1) is 11.6 Å². The third kappa shape index (κ3) is 3.67. The minimum atomic E-state index is -3.60. The zero-order valence-electron chi connectivity index (χ0n) is 7.10. The van der Waals surface area contributed by atoms with Gasteiger partial charge >= 0.3 is 0 Å². The molecule has 3 nitrogen and oxygen atoms in total. The summed E-state index contributed by atoms with van der Waals surface area (Å²) in [5.41, 5.74) is 0.127. The Morgan fingerprint density at radius 1 is 1.27 bits per heavy atom. The SMILES string of the molecule is O=S(=O)(CCl)Nc1c(Cl)cc(Br)cc1Cl. The van der Waals surface area contributed by atoms with Crippen molar-refractivity contribution in [1.29, 1.82) is 0 Å². The van der Waals surface area contributed by atoms with Crippen LogP contribution in [0.4, 0.5) is 5.69 Å². The van der Waals surface area contributed by atoms with Crippen molar-refractivity contribution in [2.45, 2.75) is 0 Å². The molecule has 0 unspecified atom stereocenters. The van der Waals surface area contributed by atoms with Gasteiger partial charge in [-0.25, -0.2) is 8.42 Å². The van der Waals surface area contributed by atoms with Gasteiger partial charge in [0.1, 0.15) is 5.21 Å². The van der Waals surface area contributed by atoms with Crippen molar-refractivity contribution in [2.75, 3.05) is 9.93 Å². The maximum absolute atomic E-state index is 11.2. The molecule has 0 saturated heterocycles. The predicted octanol–water partition coefficient (Wildman–Crippen LogP) is 3.69. The molecule has 0 aliphatic carbocycles. The molecule has 0 spiro atoms. The van der Waals surface area contributed by atoms with Crippen molar-refractivity contribution >= 4 is 66.4 Å². The first-order valence-corrected chi connectivity index (χ1v) is 7.30. The summed E-state index contributed by atoms with van der Waals surface area (Å²) in [4.78, 5) is 0. The summed E-state index contributed by atoms with van der Waals surface area (Å²) in [6.45, 7) is 0.